The summed E-state index contributed by atoms with van der Waals surface area (Å²) in [4.78, 5) is 0. The molecule has 0 radical (unpaired) electrons. The number of hydrogen-bond acceptors (Lipinski definition) is 4. The number of hydrogen-bond donors (Lipinski definition) is 3. The normalized spacial score (nSPS) is 14.2. The molecule has 1 aromatic carbocycles. The Kier molecular flexibility index (Phi) is 8.82. The van der Waals surface area contributed by atoms with Crippen LogP contribution in [0.5, 0.6) is 0 Å². The SMILES string of the molecule is CC(CCO)CNCC(O)COCc1ccccc1Cl. The maximum Gasteiger partial charge on any atom is 0.0897 e. The van der Waals surface area contributed by atoms with Gasteiger partial charge in [0.15, 0.2) is 0 Å². The summed E-state index contributed by atoms with van der Waals surface area (Å²) in [6.45, 7) is 4.19. The highest BCUT2D eigenvalue weighted by Gasteiger charge is 2.07. The van der Waals surface area contributed by atoms with Crippen LogP contribution in [0.3, 0.4) is 0 Å². The topological polar surface area (TPSA) is 61.7 Å². The molecule has 0 aliphatic rings. The smallest absolute Gasteiger partial charge is 0.0897 e. The molecule has 0 aromatic heterocycles. The number of aliphatic hydroxyl groups is 2. The summed E-state index contributed by atoms with van der Waals surface area (Å²) >= 11 is 6.01. The van der Waals surface area contributed by atoms with Gasteiger partial charge in [-0.15, -0.1) is 0 Å². The van der Waals surface area contributed by atoms with Gasteiger partial charge in [-0.2, -0.15) is 0 Å². The summed E-state index contributed by atoms with van der Waals surface area (Å²) in [5, 5.41) is 22.4. The van der Waals surface area contributed by atoms with E-state index in [1.54, 1.807) is 0 Å². The van der Waals surface area contributed by atoms with Crippen LogP contribution in [0.15, 0.2) is 24.3 Å². The number of benzene rings is 1. The molecule has 20 heavy (non-hydrogen) atoms. The first-order valence-corrected chi connectivity index (χ1v) is 7.32. The van der Waals surface area contributed by atoms with Crippen LogP contribution in [-0.4, -0.2) is 42.6 Å². The lowest BCUT2D eigenvalue weighted by Gasteiger charge is -2.15. The summed E-state index contributed by atoms with van der Waals surface area (Å²) in [7, 11) is 0. The van der Waals surface area contributed by atoms with Gasteiger partial charge in [-0.3, -0.25) is 0 Å². The van der Waals surface area contributed by atoms with Crippen LogP contribution in [0.4, 0.5) is 0 Å². The van der Waals surface area contributed by atoms with Gasteiger partial charge in [-0.1, -0.05) is 36.7 Å². The zero-order chi connectivity index (χ0) is 14.8. The van der Waals surface area contributed by atoms with Gasteiger partial charge in [0.1, 0.15) is 0 Å². The first-order chi connectivity index (χ1) is 9.63. The maximum absolute atomic E-state index is 9.77. The zero-order valence-electron chi connectivity index (χ0n) is 11.9. The van der Waals surface area contributed by atoms with E-state index >= 15 is 0 Å². The Bertz CT molecular complexity index is 376. The Balaban J connectivity index is 2.11. The first-order valence-electron chi connectivity index (χ1n) is 6.94. The molecule has 4 nitrogen and oxygen atoms in total. The lowest BCUT2D eigenvalue weighted by molar-refractivity contribution is 0.0285. The second-order valence-corrected chi connectivity index (χ2v) is 5.44. The molecule has 0 heterocycles. The number of halogens is 1. The van der Waals surface area contributed by atoms with E-state index in [0.29, 0.717) is 24.1 Å². The lowest BCUT2D eigenvalue weighted by Crippen LogP contribution is -2.33. The molecular weight excluding hydrogens is 278 g/mol. The molecule has 0 spiro atoms. The summed E-state index contributed by atoms with van der Waals surface area (Å²) in [5.41, 5.74) is 0.922. The van der Waals surface area contributed by atoms with Gasteiger partial charge in [-0.25, -0.2) is 0 Å². The van der Waals surface area contributed by atoms with Crippen molar-refractivity contribution >= 4 is 11.6 Å². The van der Waals surface area contributed by atoms with Crippen LogP contribution in [-0.2, 0) is 11.3 Å². The average molecular weight is 302 g/mol. The quantitative estimate of drug-likeness (QED) is 0.617. The minimum atomic E-state index is -0.543. The monoisotopic (exact) mass is 301 g/mol. The minimum absolute atomic E-state index is 0.201. The van der Waals surface area contributed by atoms with E-state index in [1.807, 2.05) is 24.3 Å². The van der Waals surface area contributed by atoms with Crippen molar-refractivity contribution in [2.24, 2.45) is 5.92 Å². The molecule has 1 rings (SSSR count). The van der Waals surface area contributed by atoms with E-state index in [2.05, 4.69) is 12.2 Å². The third-order valence-corrected chi connectivity index (χ3v) is 3.39. The molecular formula is C15H24ClNO3. The number of aliphatic hydroxyl groups excluding tert-OH is 2. The highest BCUT2D eigenvalue weighted by molar-refractivity contribution is 6.31. The highest BCUT2D eigenvalue weighted by atomic mass is 35.5. The Morgan fingerprint density at radius 1 is 1.30 bits per heavy atom. The van der Waals surface area contributed by atoms with Crippen molar-refractivity contribution < 1.29 is 14.9 Å². The van der Waals surface area contributed by atoms with Crippen LogP contribution in [0, 0.1) is 5.92 Å². The molecule has 3 N–H and O–H groups in total. The van der Waals surface area contributed by atoms with Crippen molar-refractivity contribution in [3.05, 3.63) is 34.9 Å². The molecule has 0 saturated heterocycles. The fraction of sp³-hybridized carbons (Fsp3) is 0.600. The van der Waals surface area contributed by atoms with Gasteiger partial charge in [0, 0.05) is 18.2 Å². The number of nitrogens with one attached hydrogen (secondary N) is 1. The molecule has 0 amide bonds. The third kappa shape index (κ3) is 7.22. The van der Waals surface area contributed by atoms with Crippen molar-refractivity contribution in [3.8, 4) is 0 Å². The molecule has 2 atom stereocenters. The van der Waals surface area contributed by atoms with Gasteiger partial charge in [0.25, 0.3) is 0 Å². The van der Waals surface area contributed by atoms with E-state index in [0.717, 1.165) is 18.5 Å². The zero-order valence-corrected chi connectivity index (χ0v) is 12.6. The van der Waals surface area contributed by atoms with E-state index in [1.165, 1.54) is 0 Å². The van der Waals surface area contributed by atoms with Gasteiger partial charge >= 0.3 is 0 Å². The molecule has 114 valence electrons. The van der Waals surface area contributed by atoms with Gasteiger partial charge < -0.3 is 20.3 Å². The summed E-state index contributed by atoms with van der Waals surface area (Å²) < 4.78 is 5.45. The van der Waals surface area contributed by atoms with Crippen LogP contribution in [0.1, 0.15) is 18.9 Å². The summed E-state index contributed by atoms with van der Waals surface area (Å²) in [5.74, 6) is 0.399. The van der Waals surface area contributed by atoms with Gasteiger partial charge in [0.2, 0.25) is 0 Å². The molecule has 0 fully saturated rings. The summed E-state index contributed by atoms with van der Waals surface area (Å²) in [6, 6.07) is 7.51. The van der Waals surface area contributed by atoms with Crippen LogP contribution < -0.4 is 5.32 Å². The second-order valence-electron chi connectivity index (χ2n) is 5.04. The molecule has 5 heteroatoms. The molecule has 0 aliphatic heterocycles. The largest absolute Gasteiger partial charge is 0.396 e. The molecule has 0 aliphatic carbocycles. The highest BCUT2D eigenvalue weighted by Crippen LogP contribution is 2.15. The van der Waals surface area contributed by atoms with Gasteiger partial charge in [-0.05, 0) is 30.5 Å². The average Bonchev–Trinajstić information content (AvgIpc) is 2.41. The predicted molar refractivity (Wildman–Crippen MR) is 80.9 cm³/mol. The standard InChI is InChI=1S/C15H24ClNO3/c1-12(6-7-18)8-17-9-14(19)11-20-10-13-4-2-3-5-15(13)16/h2-5,12,14,17-19H,6-11H2,1H3. The molecule has 2 unspecified atom stereocenters. The van der Waals surface area contributed by atoms with Crippen LogP contribution in [0.2, 0.25) is 5.02 Å². The van der Waals surface area contributed by atoms with Crippen molar-refractivity contribution in [2.75, 3.05) is 26.3 Å². The second kappa shape index (κ2) is 10.1. The van der Waals surface area contributed by atoms with E-state index in [-0.39, 0.29) is 13.2 Å². The fourth-order valence-corrected chi connectivity index (χ4v) is 1.99. The predicted octanol–water partition coefficient (Wildman–Crippen LogP) is 1.83. The fourth-order valence-electron chi connectivity index (χ4n) is 1.80. The molecule has 0 saturated carbocycles. The van der Waals surface area contributed by atoms with Crippen LogP contribution in [0.25, 0.3) is 0 Å². The van der Waals surface area contributed by atoms with Gasteiger partial charge in [0.05, 0.1) is 19.3 Å². The first kappa shape index (κ1) is 17.4. The van der Waals surface area contributed by atoms with Crippen molar-refractivity contribution in [1.29, 1.82) is 0 Å². The lowest BCUT2D eigenvalue weighted by atomic mass is 10.1. The Labute approximate surface area is 125 Å². The Hall–Kier alpha value is -0.650. The van der Waals surface area contributed by atoms with Crippen molar-refractivity contribution in [3.63, 3.8) is 0 Å². The van der Waals surface area contributed by atoms with Crippen molar-refractivity contribution in [2.45, 2.75) is 26.1 Å². The molecule has 0 bridgehead atoms. The number of ether oxygens (including phenoxy) is 1. The van der Waals surface area contributed by atoms with Crippen LogP contribution >= 0.6 is 11.6 Å². The summed E-state index contributed by atoms with van der Waals surface area (Å²) in [6.07, 6.45) is 0.227. The van der Waals surface area contributed by atoms with Crippen molar-refractivity contribution in [1.82, 2.24) is 5.32 Å². The Morgan fingerprint density at radius 3 is 2.75 bits per heavy atom. The Morgan fingerprint density at radius 2 is 2.05 bits per heavy atom. The van der Waals surface area contributed by atoms with E-state index in [9.17, 15) is 5.11 Å². The van der Waals surface area contributed by atoms with E-state index in [4.69, 9.17) is 21.4 Å². The maximum atomic E-state index is 9.77. The number of rotatable bonds is 10. The van der Waals surface area contributed by atoms with E-state index < -0.39 is 6.10 Å². The minimum Gasteiger partial charge on any atom is -0.396 e. The molecule has 1 aromatic rings. The third-order valence-electron chi connectivity index (χ3n) is 3.02.